The van der Waals surface area contributed by atoms with Gasteiger partial charge in [0.05, 0.1) is 5.75 Å². The van der Waals surface area contributed by atoms with Crippen LogP contribution in [-0.2, 0) is 21.2 Å². The van der Waals surface area contributed by atoms with Gasteiger partial charge in [-0.05, 0) is 36.6 Å². The summed E-state index contributed by atoms with van der Waals surface area (Å²) in [5.41, 5.74) is 2.65. The summed E-state index contributed by atoms with van der Waals surface area (Å²) in [7, 11) is -3.48. The van der Waals surface area contributed by atoms with Crippen molar-refractivity contribution < 1.29 is 18.3 Å². The van der Waals surface area contributed by atoms with Crippen LogP contribution >= 0.6 is 0 Å². The van der Waals surface area contributed by atoms with Crippen LogP contribution in [0.4, 0.5) is 11.4 Å². The number of carboxylic acid groups (broad SMARTS) is 1. The Kier molecular flexibility index (Phi) is 3.94. The molecule has 0 aliphatic carbocycles. The van der Waals surface area contributed by atoms with E-state index >= 15 is 0 Å². The predicted octanol–water partition coefficient (Wildman–Crippen LogP) is 1.26. The van der Waals surface area contributed by atoms with Gasteiger partial charge in [0.1, 0.15) is 0 Å². The highest BCUT2D eigenvalue weighted by Crippen LogP contribution is 2.25. The van der Waals surface area contributed by atoms with Crippen molar-refractivity contribution in [1.29, 1.82) is 0 Å². The average Bonchev–Trinajstić information content (AvgIpc) is 2.74. The summed E-state index contributed by atoms with van der Waals surface area (Å²) in [5.74, 6) is -1.17. The van der Waals surface area contributed by atoms with Crippen LogP contribution in [-0.4, -0.2) is 31.8 Å². The molecule has 0 spiro atoms. The molecule has 0 amide bonds. The van der Waals surface area contributed by atoms with E-state index in [1.165, 1.54) is 0 Å². The molecule has 0 aromatic heterocycles. The zero-order valence-electron chi connectivity index (χ0n) is 10.3. The van der Waals surface area contributed by atoms with Crippen molar-refractivity contribution in [2.24, 2.45) is 0 Å². The lowest BCUT2D eigenvalue weighted by Crippen LogP contribution is -2.17. The van der Waals surface area contributed by atoms with Gasteiger partial charge in [0, 0.05) is 24.3 Å². The minimum Gasteiger partial charge on any atom is -0.481 e. The molecule has 6 nitrogen and oxygen atoms in total. The van der Waals surface area contributed by atoms with Crippen LogP contribution < -0.4 is 10.0 Å². The lowest BCUT2D eigenvalue weighted by atomic mass is 10.1. The number of anilines is 2. The second-order valence-electron chi connectivity index (χ2n) is 4.47. The molecule has 1 aliphatic rings. The molecule has 0 atom stereocenters. The molecular weight excluding hydrogens is 268 g/mol. The highest BCUT2D eigenvalue weighted by molar-refractivity contribution is 7.92. The van der Waals surface area contributed by atoms with Crippen molar-refractivity contribution in [2.75, 3.05) is 22.3 Å². The maximum atomic E-state index is 11.8. The van der Waals surface area contributed by atoms with Gasteiger partial charge in [-0.15, -0.1) is 0 Å². The van der Waals surface area contributed by atoms with E-state index < -0.39 is 16.0 Å². The van der Waals surface area contributed by atoms with Gasteiger partial charge in [0.2, 0.25) is 10.0 Å². The molecular formula is C12H16N2O4S. The molecule has 0 saturated heterocycles. The molecule has 1 aliphatic heterocycles. The van der Waals surface area contributed by atoms with Crippen LogP contribution in [0.3, 0.4) is 0 Å². The number of carboxylic acids is 1. The summed E-state index contributed by atoms with van der Waals surface area (Å²) in [6.07, 6.45) is 0.843. The Hall–Kier alpha value is -1.76. The fourth-order valence-corrected chi connectivity index (χ4v) is 3.12. The monoisotopic (exact) mass is 284 g/mol. The Labute approximate surface area is 111 Å². The molecule has 3 N–H and O–H groups in total. The van der Waals surface area contributed by atoms with Crippen LogP contribution in [0.5, 0.6) is 0 Å². The molecule has 0 radical (unpaired) electrons. The maximum absolute atomic E-state index is 11.8. The van der Waals surface area contributed by atoms with Crippen LogP contribution in [0.1, 0.15) is 18.4 Å². The van der Waals surface area contributed by atoms with Crippen molar-refractivity contribution in [2.45, 2.75) is 19.3 Å². The van der Waals surface area contributed by atoms with Crippen LogP contribution in [0.2, 0.25) is 0 Å². The fraction of sp³-hybridized carbons (Fsp3) is 0.417. The standard InChI is InChI=1S/C12H16N2O4S/c15-12(16)2-1-7-19(17,18)14-10-3-4-11-9(8-10)5-6-13-11/h3-4,8,13-14H,1-2,5-7H2,(H,15,16). The molecule has 2 rings (SSSR count). The minimum absolute atomic E-state index is 0.108. The first kappa shape index (κ1) is 13.7. The second-order valence-corrected chi connectivity index (χ2v) is 6.31. The molecule has 1 heterocycles. The lowest BCUT2D eigenvalue weighted by molar-refractivity contribution is -0.137. The van der Waals surface area contributed by atoms with Gasteiger partial charge in [-0.2, -0.15) is 0 Å². The number of hydrogen-bond donors (Lipinski definition) is 3. The highest BCUT2D eigenvalue weighted by Gasteiger charge is 2.14. The average molecular weight is 284 g/mol. The van der Waals surface area contributed by atoms with E-state index in [9.17, 15) is 13.2 Å². The quantitative estimate of drug-likeness (QED) is 0.731. The minimum atomic E-state index is -3.48. The number of aliphatic carboxylic acids is 1. The van der Waals surface area contributed by atoms with Gasteiger partial charge in [-0.1, -0.05) is 0 Å². The van der Waals surface area contributed by atoms with Gasteiger partial charge in [0.25, 0.3) is 0 Å². The van der Waals surface area contributed by atoms with Crippen molar-refractivity contribution in [3.05, 3.63) is 23.8 Å². The molecule has 1 aromatic carbocycles. The first-order valence-corrected chi connectivity index (χ1v) is 7.70. The third kappa shape index (κ3) is 3.85. The van der Waals surface area contributed by atoms with Gasteiger partial charge in [0.15, 0.2) is 0 Å². The molecule has 104 valence electrons. The normalized spacial score (nSPS) is 13.7. The second kappa shape index (κ2) is 5.48. The zero-order chi connectivity index (χ0) is 13.9. The van der Waals surface area contributed by atoms with Crippen molar-refractivity contribution in [3.8, 4) is 0 Å². The van der Waals surface area contributed by atoms with Gasteiger partial charge in [-0.3, -0.25) is 9.52 Å². The number of nitrogens with one attached hydrogen (secondary N) is 2. The first-order chi connectivity index (χ1) is 8.96. The summed E-state index contributed by atoms with van der Waals surface area (Å²) >= 11 is 0. The molecule has 0 fully saturated rings. The number of fused-ring (bicyclic) bond motifs is 1. The Morgan fingerprint density at radius 2 is 2.21 bits per heavy atom. The largest absolute Gasteiger partial charge is 0.481 e. The van der Waals surface area contributed by atoms with E-state index in [1.54, 1.807) is 6.07 Å². The predicted molar refractivity (Wildman–Crippen MR) is 72.9 cm³/mol. The Balaban J connectivity index is 1.98. The highest BCUT2D eigenvalue weighted by atomic mass is 32.2. The van der Waals surface area contributed by atoms with Crippen molar-refractivity contribution in [1.82, 2.24) is 0 Å². The third-order valence-electron chi connectivity index (χ3n) is 2.89. The summed E-state index contributed by atoms with van der Waals surface area (Å²) in [4.78, 5) is 10.3. The van der Waals surface area contributed by atoms with E-state index in [0.29, 0.717) is 5.69 Å². The third-order valence-corrected chi connectivity index (χ3v) is 4.26. The number of benzene rings is 1. The van der Waals surface area contributed by atoms with E-state index in [-0.39, 0.29) is 18.6 Å². The van der Waals surface area contributed by atoms with Crippen molar-refractivity contribution >= 4 is 27.4 Å². The van der Waals surface area contributed by atoms with E-state index in [0.717, 1.165) is 24.2 Å². The summed E-state index contributed by atoms with van der Waals surface area (Å²) in [6.45, 7) is 0.865. The van der Waals surface area contributed by atoms with E-state index in [1.807, 2.05) is 12.1 Å². The lowest BCUT2D eigenvalue weighted by Gasteiger charge is -2.09. The van der Waals surface area contributed by atoms with Crippen LogP contribution in [0, 0.1) is 0 Å². The smallest absolute Gasteiger partial charge is 0.303 e. The topological polar surface area (TPSA) is 95.5 Å². The first-order valence-electron chi connectivity index (χ1n) is 6.05. The molecule has 0 bridgehead atoms. The SMILES string of the molecule is O=C(O)CCCS(=O)(=O)Nc1ccc2c(c1)CCN2. The number of sulfonamides is 1. The molecule has 0 saturated carbocycles. The van der Waals surface area contributed by atoms with Gasteiger partial charge >= 0.3 is 5.97 Å². The molecule has 19 heavy (non-hydrogen) atoms. The Bertz CT molecular complexity index is 583. The molecule has 1 aromatic rings. The summed E-state index contributed by atoms with van der Waals surface area (Å²) in [6, 6.07) is 5.35. The molecule has 7 heteroatoms. The number of carbonyl (C=O) groups is 1. The maximum Gasteiger partial charge on any atom is 0.303 e. The van der Waals surface area contributed by atoms with Crippen molar-refractivity contribution in [3.63, 3.8) is 0 Å². The van der Waals surface area contributed by atoms with Crippen LogP contribution in [0.15, 0.2) is 18.2 Å². The van der Waals surface area contributed by atoms with Crippen LogP contribution in [0.25, 0.3) is 0 Å². The fourth-order valence-electron chi connectivity index (χ4n) is 2.01. The molecule has 0 unspecified atom stereocenters. The van der Waals surface area contributed by atoms with E-state index in [4.69, 9.17) is 5.11 Å². The van der Waals surface area contributed by atoms with Gasteiger partial charge < -0.3 is 10.4 Å². The zero-order valence-corrected chi connectivity index (χ0v) is 11.2. The Morgan fingerprint density at radius 3 is 2.95 bits per heavy atom. The van der Waals surface area contributed by atoms with E-state index in [2.05, 4.69) is 10.0 Å². The summed E-state index contributed by atoms with van der Waals surface area (Å²) in [5, 5.41) is 11.7. The number of hydrogen-bond acceptors (Lipinski definition) is 4. The van der Waals surface area contributed by atoms with Gasteiger partial charge in [-0.25, -0.2) is 8.42 Å². The summed E-state index contributed by atoms with van der Waals surface area (Å²) < 4.78 is 26.0. The number of rotatable bonds is 6. The Morgan fingerprint density at radius 1 is 1.42 bits per heavy atom.